The summed E-state index contributed by atoms with van der Waals surface area (Å²) in [6.07, 6.45) is 0. The number of benzene rings is 2. The minimum absolute atomic E-state index is 0.161. The molecule has 0 saturated carbocycles. The maximum atomic E-state index is 8.78. The van der Waals surface area contributed by atoms with Gasteiger partial charge < -0.3 is 10.5 Å². The van der Waals surface area contributed by atoms with Crippen molar-refractivity contribution in [3.05, 3.63) is 60.2 Å². The molecule has 6 nitrogen and oxygen atoms in total. The number of amidine groups is 1. The molecular formula is C16H15N5O. The van der Waals surface area contributed by atoms with Crippen LogP contribution in [0, 0.1) is 16.7 Å². The van der Waals surface area contributed by atoms with E-state index in [0.717, 1.165) is 11.3 Å². The third-order valence-electron chi connectivity index (χ3n) is 2.73. The molecule has 0 aliphatic rings. The zero-order chi connectivity index (χ0) is 15.8. The molecule has 110 valence electrons. The molecule has 0 amide bonds. The molecule has 22 heavy (non-hydrogen) atoms. The summed E-state index contributed by atoms with van der Waals surface area (Å²) in [6.45, 7) is 0.418. The first-order valence-corrected chi connectivity index (χ1v) is 6.54. The molecule has 0 aliphatic carbocycles. The first-order chi connectivity index (χ1) is 10.7. The summed E-state index contributed by atoms with van der Waals surface area (Å²) in [5, 5.41) is 19.7. The van der Waals surface area contributed by atoms with E-state index in [1.165, 1.54) is 0 Å². The highest BCUT2D eigenvalue weighted by molar-refractivity contribution is 6.45. The standard InChI is InChI=1S/C16H15N5O/c17-10-15(16(18)19)21-20-13-6-4-5-12(9-13)11-22-14-7-2-1-3-8-14/h1-9,20H,11H2,(H3,18,19)/b21-15+. The number of hydrogen-bond donors (Lipinski definition) is 3. The molecular weight excluding hydrogens is 278 g/mol. The average Bonchev–Trinajstić information content (AvgIpc) is 2.54. The normalized spacial score (nSPS) is 10.6. The van der Waals surface area contributed by atoms with Crippen LogP contribution in [0.25, 0.3) is 0 Å². The van der Waals surface area contributed by atoms with E-state index in [9.17, 15) is 0 Å². The van der Waals surface area contributed by atoms with Crippen LogP contribution in [-0.2, 0) is 6.61 Å². The SMILES string of the molecule is N#C/C(=N\Nc1cccc(COc2ccccc2)c1)C(=N)N. The van der Waals surface area contributed by atoms with E-state index >= 15 is 0 Å². The van der Waals surface area contributed by atoms with E-state index in [0.29, 0.717) is 12.3 Å². The van der Waals surface area contributed by atoms with Gasteiger partial charge in [0.05, 0.1) is 5.69 Å². The van der Waals surface area contributed by atoms with Crippen molar-refractivity contribution in [2.75, 3.05) is 5.43 Å². The summed E-state index contributed by atoms with van der Waals surface area (Å²) < 4.78 is 5.66. The van der Waals surface area contributed by atoms with Gasteiger partial charge in [0, 0.05) is 0 Å². The Balaban J connectivity index is 2.01. The molecule has 0 aliphatic heterocycles. The van der Waals surface area contributed by atoms with Crippen molar-refractivity contribution in [2.45, 2.75) is 6.61 Å². The maximum Gasteiger partial charge on any atom is 0.201 e. The molecule has 0 atom stereocenters. The molecule has 0 unspecified atom stereocenters. The van der Waals surface area contributed by atoms with Gasteiger partial charge in [0.15, 0.2) is 5.84 Å². The van der Waals surface area contributed by atoms with Gasteiger partial charge in [0.1, 0.15) is 18.4 Å². The first kappa shape index (κ1) is 15.1. The lowest BCUT2D eigenvalue weighted by atomic mass is 10.2. The van der Waals surface area contributed by atoms with E-state index in [2.05, 4.69) is 10.5 Å². The van der Waals surface area contributed by atoms with Crippen LogP contribution in [0.5, 0.6) is 5.75 Å². The van der Waals surface area contributed by atoms with Crippen molar-refractivity contribution in [3.63, 3.8) is 0 Å². The van der Waals surface area contributed by atoms with Crippen LogP contribution in [0.2, 0.25) is 0 Å². The number of nitrogens with one attached hydrogen (secondary N) is 2. The van der Waals surface area contributed by atoms with Gasteiger partial charge >= 0.3 is 0 Å². The number of para-hydroxylation sites is 1. The Morgan fingerprint density at radius 1 is 1.23 bits per heavy atom. The molecule has 2 aromatic carbocycles. The van der Waals surface area contributed by atoms with Crippen molar-refractivity contribution in [1.82, 2.24) is 0 Å². The number of hydrogen-bond acceptors (Lipinski definition) is 5. The molecule has 0 aromatic heterocycles. The lowest BCUT2D eigenvalue weighted by molar-refractivity contribution is 0.306. The van der Waals surface area contributed by atoms with Crippen LogP contribution in [0.1, 0.15) is 5.56 Å². The summed E-state index contributed by atoms with van der Waals surface area (Å²) in [4.78, 5) is 0. The fraction of sp³-hybridized carbons (Fsp3) is 0.0625. The van der Waals surface area contributed by atoms with Gasteiger partial charge in [-0.15, -0.1) is 0 Å². The monoisotopic (exact) mass is 293 g/mol. The predicted molar refractivity (Wildman–Crippen MR) is 85.8 cm³/mol. The van der Waals surface area contributed by atoms with E-state index < -0.39 is 0 Å². The Hall–Kier alpha value is -3.33. The molecule has 4 N–H and O–H groups in total. The second kappa shape index (κ2) is 7.45. The van der Waals surface area contributed by atoms with Gasteiger partial charge in [-0.25, -0.2) is 0 Å². The number of nitrogens with zero attached hydrogens (tertiary/aromatic N) is 2. The highest BCUT2D eigenvalue weighted by Crippen LogP contribution is 2.15. The number of hydrazone groups is 1. The zero-order valence-corrected chi connectivity index (χ0v) is 11.8. The summed E-state index contributed by atoms with van der Waals surface area (Å²) >= 11 is 0. The Morgan fingerprint density at radius 2 is 2.00 bits per heavy atom. The molecule has 0 heterocycles. The van der Waals surface area contributed by atoms with Gasteiger partial charge in [0.25, 0.3) is 0 Å². The molecule has 0 radical (unpaired) electrons. The van der Waals surface area contributed by atoms with Gasteiger partial charge in [0.2, 0.25) is 5.71 Å². The number of nitrogens with two attached hydrogens (primary N) is 1. The third-order valence-corrected chi connectivity index (χ3v) is 2.73. The van der Waals surface area contributed by atoms with Crippen LogP contribution >= 0.6 is 0 Å². The molecule has 0 spiro atoms. The van der Waals surface area contributed by atoms with Crippen LogP contribution in [-0.4, -0.2) is 11.5 Å². The molecule has 6 heteroatoms. The van der Waals surface area contributed by atoms with Crippen LogP contribution in [0.4, 0.5) is 5.69 Å². The number of nitriles is 1. The van der Waals surface area contributed by atoms with Crippen molar-refractivity contribution >= 4 is 17.2 Å². The molecule has 0 fully saturated rings. The smallest absolute Gasteiger partial charge is 0.201 e. The van der Waals surface area contributed by atoms with E-state index in [-0.39, 0.29) is 11.5 Å². The average molecular weight is 293 g/mol. The molecule has 2 rings (SSSR count). The fourth-order valence-corrected chi connectivity index (χ4v) is 1.68. The lowest BCUT2D eigenvalue weighted by Gasteiger charge is -2.07. The summed E-state index contributed by atoms with van der Waals surface area (Å²) in [6, 6.07) is 18.7. The van der Waals surface area contributed by atoms with Crippen LogP contribution < -0.4 is 15.9 Å². The molecule has 0 saturated heterocycles. The Kier molecular flexibility index (Phi) is 5.10. The zero-order valence-electron chi connectivity index (χ0n) is 11.8. The Bertz CT molecular complexity index is 719. The highest BCUT2D eigenvalue weighted by Gasteiger charge is 2.01. The minimum Gasteiger partial charge on any atom is -0.489 e. The first-order valence-electron chi connectivity index (χ1n) is 6.54. The second-order valence-electron chi connectivity index (χ2n) is 4.40. The maximum absolute atomic E-state index is 8.78. The topological polar surface area (TPSA) is 107 Å². The van der Waals surface area contributed by atoms with E-state index in [1.54, 1.807) is 12.1 Å². The van der Waals surface area contributed by atoms with E-state index in [4.69, 9.17) is 21.1 Å². The van der Waals surface area contributed by atoms with Gasteiger partial charge in [-0.3, -0.25) is 10.8 Å². The van der Waals surface area contributed by atoms with Crippen molar-refractivity contribution in [3.8, 4) is 11.8 Å². The van der Waals surface area contributed by atoms with Crippen LogP contribution in [0.3, 0.4) is 0 Å². The van der Waals surface area contributed by atoms with Crippen molar-refractivity contribution in [2.24, 2.45) is 10.8 Å². The fourth-order valence-electron chi connectivity index (χ4n) is 1.68. The predicted octanol–water partition coefficient (Wildman–Crippen LogP) is 2.49. The lowest BCUT2D eigenvalue weighted by Crippen LogP contribution is -2.21. The Labute approximate surface area is 128 Å². The number of ether oxygens (including phenoxy) is 1. The largest absolute Gasteiger partial charge is 0.489 e. The number of anilines is 1. The van der Waals surface area contributed by atoms with E-state index in [1.807, 2.05) is 48.5 Å². The van der Waals surface area contributed by atoms with Gasteiger partial charge in [-0.05, 0) is 29.8 Å². The summed E-state index contributed by atoms with van der Waals surface area (Å²) in [7, 11) is 0. The van der Waals surface area contributed by atoms with Gasteiger partial charge in [-0.1, -0.05) is 30.3 Å². The van der Waals surface area contributed by atoms with Crippen LogP contribution in [0.15, 0.2) is 59.7 Å². The third kappa shape index (κ3) is 4.35. The second-order valence-corrected chi connectivity index (χ2v) is 4.40. The summed E-state index contributed by atoms with van der Waals surface area (Å²) in [5.41, 5.74) is 9.40. The Morgan fingerprint density at radius 3 is 2.68 bits per heavy atom. The number of rotatable bonds is 6. The highest BCUT2D eigenvalue weighted by atomic mass is 16.5. The molecule has 0 bridgehead atoms. The molecule has 2 aromatic rings. The summed E-state index contributed by atoms with van der Waals surface area (Å²) in [5.74, 6) is 0.417. The minimum atomic E-state index is -0.376. The van der Waals surface area contributed by atoms with Crippen molar-refractivity contribution in [1.29, 1.82) is 10.7 Å². The van der Waals surface area contributed by atoms with Crippen molar-refractivity contribution < 1.29 is 4.74 Å². The van der Waals surface area contributed by atoms with Gasteiger partial charge in [-0.2, -0.15) is 10.4 Å². The quantitative estimate of drug-likeness (QED) is 0.432.